The van der Waals surface area contributed by atoms with Gasteiger partial charge in [0.1, 0.15) is 5.82 Å². The predicted octanol–water partition coefficient (Wildman–Crippen LogP) is 4.17. The fraction of sp³-hybridized carbons (Fsp3) is 0.364. The van der Waals surface area contributed by atoms with Crippen LogP contribution in [0, 0.1) is 13.8 Å². The van der Waals surface area contributed by atoms with Gasteiger partial charge in [-0.05, 0) is 44.9 Å². The maximum Gasteiger partial charge on any atom is 0.265 e. The lowest BCUT2D eigenvalue weighted by atomic mass is 10.1. The zero-order valence-electron chi connectivity index (χ0n) is 16.6. The summed E-state index contributed by atoms with van der Waals surface area (Å²) < 4.78 is 36.8. The van der Waals surface area contributed by atoms with Crippen LogP contribution in [0.4, 0.5) is 5.82 Å². The molecule has 4 rings (SSSR count). The molecule has 0 bridgehead atoms. The maximum atomic E-state index is 13.8. The van der Waals surface area contributed by atoms with Crippen LogP contribution in [-0.2, 0) is 21.8 Å². The minimum Gasteiger partial charge on any atom is -0.381 e. The Morgan fingerprint density at radius 3 is 2.29 bits per heavy atom. The van der Waals surface area contributed by atoms with Crippen LogP contribution in [0.5, 0.6) is 0 Å². The van der Waals surface area contributed by atoms with E-state index in [2.05, 4.69) is 6.07 Å². The summed E-state index contributed by atoms with van der Waals surface area (Å²) in [6, 6.07) is 15.0. The summed E-state index contributed by atoms with van der Waals surface area (Å²) >= 11 is 0. The van der Waals surface area contributed by atoms with E-state index in [0.717, 1.165) is 27.8 Å². The fourth-order valence-electron chi connectivity index (χ4n) is 4.11. The molecule has 148 valence electrons. The minimum atomic E-state index is -3.71. The van der Waals surface area contributed by atoms with Gasteiger partial charge < -0.3 is 9.30 Å². The van der Waals surface area contributed by atoms with E-state index in [9.17, 15) is 8.42 Å². The fourth-order valence-corrected chi connectivity index (χ4v) is 5.91. The molecule has 0 amide bonds. The van der Waals surface area contributed by atoms with E-state index in [-0.39, 0.29) is 6.04 Å². The lowest BCUT2D eigenvalue weighted by molar-refractivity contribution is 0.0873. The van der Waals surface area contributed by atoms with Gasteiger partial charge in [0.15, 0.2) is 0 Å². The summed E-state index contributed by atoms with van der Waals surface area (Å²) in [5.41, 5.74) is 3.06. The highest BCUT2D eigenvalue weighted by atomic mass is 32.2. The Morgan fingerprint density at radius 1 is 1.00 bits per heavy atom. The van der Waals surface area contributed by atoms with Crippen LogP contribution in [0.15, 0.2) is 53.4 Å². The lowest BCUT2D eigenvalue weighted by Gasteiger charge is -2.35. The van der Waals surface area contributed by atoms with Gasteiger partial charge in [-0.2, -0.15) is 0 Å². The van der Waals surface area contributed by atoms with Gasteiger partial charge in [0.05, 0.1) is 10.9 Å². The van der Waals surface area contributed by atoms with Crippen LogP contribution in [0.25, 0.3) is 10.9 Å². The third kappa shape index (κ3) is 3.10. The van der Waals surface area contributed by atoms with Gasteiger partial charge in [0.2, 0.25) is 0 Å². The van der Waals surface area contributed by atoms with Crippen molar-refractivity contribution in [1.29, 1.82) is 0 Å². The van der Waals surface area contributed by atoms with Gasteiger partial charge in [-0.3, -0.25) is 0 Å². The summed E-state index contributed by atoms with van der Waals surface area (Å²) in [4.78, 5) is 0.328. The predicted molar refractivity (Wildman–Crippen MR) is 112 cm³/mol. The van der Waals surface area contributed by atoms with E-state index in [1.807, 2.05) is 55.8 Å². The molecule has 5 nitrogen and oxygen atoms in total. The van der Waals surface area contributed by atoms with E-state index in [1.165, 1.54) is 0 Å². The van der Waals surface area contributed by atoms with Crippen molar-refractivity contribution in [3.63, 3.8) is 0 Å². The molecular weight excluding hydrogens is 372 g/mol. The number of para-hydroxylation sites is 1. The molecule has 0 spiro atoms. The van der Waals surface area contributed by atoms with Crippen molar-refractivity contribution in [3.8, 4) is 0 Å². The second-order valence-corrected chi connectivity index (χ2v) is 9.30. The minimum absolute atomic E-state index is 0.123. The molecule has 3 aromatic rings. The molecule has 1 fully saturated rings. The lowest BCUT2D eigenvalue weighted by Crippen LogP contribution is -2.44. The average molecular weight is 399 g/mol. The first kappa shape index (κ1) is 19.0. The number of anilines is 1. The molecule has 0 unspecified atom stereocenters. The smallest absolute Gasteiger partial charge is 0.265 e. The molecule has 2 aromatic carbocycles. The second-order valence-electron chi connectivity index (χ2n) is 7.48. The number of benzene rings is 2. The second kappa shape index (κ2) is 7.26. The Hall–Kier alpha value is -2.31. The van der Waals surface area contributed by atoms with Gasteiger partial charge in [-0.25, -0.2) is 12.7 Å². The SMILES string of the molecule is Cc1ccc(S(=O)(=O)N(c2c(C)c3ccccc3n2C)C2CCOCC2)cc1. The Kier molecular flexibility index (Phi) is 4.93. The maximum absolute atomic E-state index is 13.8. The molecule has 28 heavy (non-hydrogen) atoms. The highest BCUT2D eigenvalue weighted by Crippen LogP contribution is 2.37. The zero-order valence-corrected chi connectivity index (χ0v) is 17.4. The van der Waals surface area contributed by atoms with Gasteiger partial charge >= 0.3 is 0 Å². The number of sulfonamides is 1. The molecule has 1 aliphatic heterocycles. The zero-order chi connectivity index (χ0) is 19.9. The Bertz CT molecular complexity index is 1060. The monoisotopic (exact) mass is 398 g/mol. The molecule has 0 aliphatic carbocycles. The summed E-state index contributed by atoms with van der Waals surface area (Å²) in [6.45, 7) is 5.12. The van der Waals surface area contributed by atoms with Crippen molar-refractivity contribution >= 4 is 26.7 Å². The van der Waals surface area contributed by atoms with Gasteiger partial charge in [-0.15, -0.1) is 0 Å². The number of hydrogen-bond acceptors (Lipinski definition) is 3. The first-order valence-electron chi connectivity index (χ1n) is 9.64. The van der Waals surface area contributed by atoms with Crippen molar-refractivity contribution in [2.45, 2.75) is 37.6 Å². The Balaban J connectivity index is 1.93. The van der Waals surface area contributed by atoms with E-state index in [0.29, 0.717) is 31.0 Å². The van der Waals surface area contributed by atoms with Crippen LogP contribution >= 0.6 is 0 Å². The number of ether oxygens (including phenoxy) is 1. The van der Waals surface area contributed by atoms with E-state index < -0.39 is 10.0 Å². The first-order chi connectivity index (χ1) is 13.4. The average Bonchev–Trinajstić information content (AvgIpc) is 2.95. The third-order valence-electron chi connectivity index (χ3n) is 5.63. The molecule has 1 aromatic heterocycles. The number of aromatic nitrogens is 1. The number of hydrogen-bond donors (Lipinski definition) is 0. The third-order valence-corrected chi connectivity index (χ3v) is 7.49. The van der Waals surface area contributed by atoms with Crippen molar-refractivity contribution in [3.05, 3.63) is 59.7 Å². The number of rotatable bonds is 4. The van der Waals surface area contributed by atoms with Gasteiger partial charge in [-0.1, -0.05) is 35.9 Å². The highest BCUT2D eigenvalue weighted by Gasteiger charge is 2.36. The molecule has 0 atom stereocenters. The van der Waals surface area contributed by atoms with Crippen LogP contribution < -0.4 is 4.31 Å². The number of fused-ring (bicyclic) bond motifs is 1. The van der Waals surface area contributed by atoms with Gasteiger partial charge in [0.25, 0.3) is 10.0 Å². The molecular formula is C22H26N2O3S. The quantitative estimate of drug-likeness (QED) is 0.663. The molecule has 0 N–H and O–H groups in total. The van der Waals surface area contributed by atoms with Gasteiger partial charge in [0, 0.05) is 36.7 Å². The standard InChI is InChI=1S/C22H26N2O3S/c1-16-8-10-19(11-9-16)28(25,26)24(18-12-14-27-15-13-18)22-17(2)20-6-4-5-7-21(20)23(22)3/h4-11,18H,12-15H2,1-3H3. The number of nitrogens with zero attached hydrogens (tertiary/aromatic N) is 2. The Labute approximate surface area is 166 Å². The molecule has 1 aliphatic rings. The normalized spacial score (nSPS) is 15.8. The van der Waals surface area contributed by atoms with Crippen LogP contribution in [0.2, 0.25) is 0 Å². The van der Waals surface area contributed by atoms with Crippen molar-refractivity contribution in [2.75, 3.05) is 17.5 Å². The molecule has 6 heteroatoms. The summed E-state index contributed by atoms with van der Waals surface area (Å²) in [5.74, 6) is 0.744. The molecule has 0 saturated carbocycles. The van der Waals surface area contributed by atoms with E-state index >= 15 is 0 Å². The molecule has 2 heterocycles. The van der Waals surface area contributed by atoms with Crippen LogP contribution in [0.1, 0.15) is 24.0 Å². The van der Waals surface area contributed by atoms with E-state index in [1.54, 1.807) is 16.4 Å². The summed E-state index contributed by atoms with van der Waals surface area (Å²) in [7, 11) is -1.76. The molecule has 0 radical (unpaired) electrons. The first-order valence-corrected chi connectivity index (χ1v) is 11.1. The summed E-state index contributed by atoms with van der Waals surface area (Å²) in [5, 5.41) is 1.08. The van der Waals surface area contributed by atoms with Crippen molar-refractivity contribution in [2.24, 2.45) is 7.05 Å². The van der Waals surface area contributed by atoms with E-state index in [4.69, 9.17) is 4.74 Å². The number of aryl methyl sites for hydroxylation is 3. The topological polar surface area (TPSA) is 51.5 Å². The molecule has 1 saturated heterocycles. The van der Waals surface area contributed by atoms with Crippen LogP contribution in [-0.4, -0.2) is 32.2 Å². The summed E-state index contributed by atoms with van der Waals surface area (Å²) in [6.07, 6.45) is 1.37. The van der Waals surface area contributed by atoms with Crippen LogP contribution in [0.3, 0.4) is 0 Å². The Morgan fingerprint density at radius 2 is 1.64 bits per heavy atom. The van der Waals surface area contributed by atoms with Crippen molar-refractivity contribution in [1.82, 2.24) is 4.57 Å². The highest BCUT2D eigenvalue weighted by molar-refractivity contribution is 7.92. The largest absolute Gasteiger partial charge is 0.381 e. The van der Waals surface area contributed by atoms with Crippen molar-refractivity contribution < 1.29 is 13.2 Å².